The fraction of sp³-hybridized carbons (Fsp3) is 0.0833. The number of pyridine rings is 2. The maximum Gasteiger partial charge on any atom is 0.221 e. The SMILES string of the molecule is C=C/C=C\C(=C/N)C(=C)/C=c1\c(=C/N)[nH]c2ncc(F)c(-c3cccnc3OCC)c12. The van der Waals surface area contributed by atoms with Crippen LogP contribution in [0.3, 0.4) is 0 Å². The molecule has 158 valence electrons. The quantitative estimate of drug-likeness (QED) is 0.513. The van der Waals surface area contributed by atoms with Crippen molar-refractivity contribution in [3.8, 4) is 17.0 Å². The van der Waals surface area contributed by atoms with Crippen LogP contribution in [0.1, 0.15) is 6.92 Å². The van der Waals surface area contributed by atoms with E-state index in [0.717, 1.165) is 6.20 Å². The summed E-state index contributed by atoms with van der Waals surface area (Å²) >= 11 is 0. The van der Waals surface area contributed by atoms with Gasteiger partial charge in [-0.15, -0.1) is 0 Å². The van der Waals surface area contributed by atoms with E-state index in [9.17, 15) is 0 Å². The molecular weight excluding hydrogens is 393 g/mol. The monoisotopic (exact) mass is 417 g/mol. The van der Waals surface area contributed by atoms with Gasteiger partial charge in [-0.05, 0) is 36.3 Å². The van der Waals surface area contributed by atoms with Gasteiger partial charge in [-0.2, -0.15) is 0 Å². The standard InChI is InChI=1S/C24H24FN5O/c1-4-6-8-16(12-26)15(3)11-18-20(13-27)30-23-22(18)21(19(25)14-29-23)17-9-7-10-28-24(17)31-5-2/h4,6-14H,1,3,5,26-27H2,2H3,(H,29,30)/b8-6-,16-12+,18-11+,20-13+. The number of nitrogens with zero attached hydrogens (tertiary/aromatic N) is 2. The summed E-state index contributed by atoms with van der Waals surface area (Å²) in [5.74, 6) is -0.178. The van der Waals surface area contributed by atoms with Gasteiger partial charge in [0.15, 0.2) is 0 Å². The zero-order valence-electron chi connectivity index (χ0n) is 17.2. The zero-order valence-corrected chi connectivity index (χ0v) is 17.2. The maximum absolute atomic E-state index is 15.2. The number of nitrogens with two attached hydrogens (primary N) is 2. The van der Waals surface area contributed by atoms with Crippen LogP contribution in [0, 0.1) is 5.82 Å². The molecule has 7 heteroatoms. The molecule has 0 aliphatic carbocycles. The summed E-state index contributed by atoms with van der Waals surface area (Å²) in [6.07, 6.45) is 12.5. The molecule has 0 unspecified atom stereocenters. The molecule has 0 bridgehead atoms. The van der Waals surface area contributed by atoms with E-state index in [1.807, 2.05) is 6.92 Å². The van der Waals surface area contributed by atoms with Crippen molar-refractivity contribution in [1.82, 2.24) is 15.0 Å². The maximum atomic E-state index is 15.2. The lowest BCUT2D eigenvalue weighted by atomic mass is 10.0. The molecule has 3 rings (SSSR count). The number of aromatic nitrogens is 3. The van der Waals surface area contributed by atoms with Crippen LogP contribution in [0.25, 0.3) is 34.4 Å². The second kappa shape index (κ2) is 9.58. The predicted octanol–water partition coefficient (Wildman–Crippen LogP) is 2.78. The smallest absolute Gasteiger partial charge is 0.221 e. The molecule has 3 aromatic rings. The Morgan fingerprint density at radius 1 is 1.32 bits per heavy atom. The Morgan fingerprint density at radius 3 is 2.81 bits per heavy atom. The number of aromatic amines is 1. The van der Waals surface area contributed by atoms with Crippen molar-refractivity contribution in [3.05, 3.63) is 89.6 Å². The van der Waals surface area contributed by atoms with Crippen molar-refractivity contribution in [1.29, 1.82) is 0 Å². The van der Waals surface area contributed by atoms with Crippen LogP contribution >= 0.6 is 0 Å². The summed E-state index contributed by atoms with van der Waals surface area (Å²) in [5, 5.41) is 1.74. The van der Waals surface area contributed by atoms with Gasteiger partial charge >= 0.3 is 0 Å². The molecule has 0 spiro atoms. The predicted molar refractivity (Wildman–Crippen MR) is 124 cm³/mol. The summed E-state index contributed by atoms with van der Waals surface area (Å²) in [5.41, 5.74) is 14.2. The van der Waals surface area contributed by atoms with Crippen molar-refractivity contribution in [2.45, 2.75) is 6.92 Å². The minimum absolute atomic E-state index is 0.310. The summed E-state index contributed by atoms with van der Waals surface area (Å²) < 4.78 is 20.8. The largest absolute Gasteiger partial charge is 0.478 e. The molecule has 0 saturated carbocycles. The van der Waals surface area contributed by atoms with Gasteiger partial charge in [0, 0.05) is 40.3 Å². The van der Waals surface area contributed by atoms with E-state index in [1.165, 1.54) is 12.4 Å². The van der Waals surface area contributed by atoms with Crippen molar-refractivity contribution in [2.24, 2.45) is 11.5 Å². The molecule has 0 aliphatic heterocycles. The minimum atomic E-state index is -0.509. The van der Waals surface area contributed by atoms with Gasteiger partial charge in [-0.1, -0.05) is 31.4 Å². The van der Waals surface area contributed by atoms with Crippen molar-refractivity contribution in [3.63, 3.8) is 0 Å². The van der Waals surface area contributed by atoms with E-state index in [4.69, 9.17) is 16.2 Å². The Morgan fingerprint density at radius 2 is 2.13 bits per heavy atom. The van der Waals surface area contributed by atoms with Crippen LogP contribution in [0.2, 0.25) is 0 Å². The van der Waals surface area contributed by atoms with Crippen molar-refractivity contribution < 1.29 is 9.13 Å². The number of rotatable bonds is 7. The van der Waals surface area contributed by atoms with E-state index >= 15 is 4.39 Å². The lowest BCUT2D eigenvalue weighted by Gasteiger charge is -2.10. The van der Waals surface area contributed by atoms with Gasteiger partial charge < -0.3 is 21.2 Å². The fourth-order valence-electron chi connectivity index (χ4n) is 3.25. The molecule has 3 heterocycles. The Balaban J connectivity index is 2.40. The Bertz CT molecular complexity index is 1320. The molecule has 0 radical (unpaired) electrons. The first kappa shape index (κ1) is 21.6. The second-order valence-corrected chi connectivity index (χ2v) is 6.50. The average Bonchev–Trinajstić information content (AvgIpc) is 3.12. The molecule has 0 atom stereocenters. The Kier molecular flexibility index (Phi) is 6.67. The molecule has 0 fully saturated rings. The molecule has 0 aliphatic rings. The lowest BCUT2D eigenvalue weighted by Crippen LogP contribution is -2.25. The number of halogens is 1. The molecule has 0 aromatic carbocycles. The van der Waals surface area contributed by atoms with Crippen LogP contribution in [0.15, 0.2) is 73.3 Å². The van der Waals surface area contributed by atoms with Crippen LogP contribution in [-0.2, 0) is 0 Å². The third kappa shape index (κ3) is 4.25. The molecule has 6 nitrogen and oxygen atoms in total. The van der Waals surface area contributed by atoms with Gasteiger partial charge in [-0.3, -0.25) is 0 Å². The number of ether oxygens (including phenoxy) is 1. The number of nitrogens with one attached hydrogen (secondary N) is 1. The number of fused-ring (bicyclic) bond motifs is 1. The molecule has 0 amide bonds. The fourth-order valence-corrected chi connectivity index (χ4v) is 3.25. The molecule has 31 heavy (non-hydrogen) atoms. The van der Waals surface area contributed by atoms with Gasteiger partial charge in [0.25, 0.3) is 0 Å². The highest BCUT2D eigenvalue weighted by Gasteiger charge is 2.19. The van der Waals surface area contributed by atoms with Crippen LogP contribution in [0.5, 0.6) is 5.88 Å². The first-order chi connectivity index (χ1) is 15.0. The molecule has 5 N–H and O–H groups in total. The summed E-state index contributed by atoms with van der Waals surface area (Å²) in [7, 11) is 0. The second-order valence-electron chi connectivity index (χ2n) is 6.50. The first-order valence-electron chi connectivity index (χ1n) is 9.64. The highest BCUT2D eigenvalue weighted by molar-refractivity contribution is 5.96. The summed E-state index contributed by atoms with van der Waals surface area (Å²) in [6.45, 7) is 9.99. The first-order valence-corrected chi connectivity index (χ1v) is 9.64. The Hall–Kier alpha value is -4.13. The van der Waals surface area contributed by atoms with Gasteiger partial charge in [0.05, 0.1) is 18.2 Å². The molecular formula is C24H24FN5O. The number of H-pyrrole nitrogens is 1. The van der Waals surface area contributed by atoms with E-state index in [-0.39, 0.29) is 0 Å². The third-order valence-electron chi connectivity index (χ3n) is 4.61. The van der Waals surface area contributed by atoms with Crippen LogP contribution < -0.4 is 26.8 Å². The van der Waals surface area contributed by atoms with E-state index < -0.39 is 5.82 Å². The van der Waals surface area contributed by atoms with Gasteiger partial charge in [0.2, 0.25) is 5.88 Å². The third-order valence-corrected chi connectivity index (χ3v) is 4.61. The average molecular weight is 417 g/mol. The van der Waals surface area contributed by atoms with E-state index in [1.54, 1.807) is 42.6 Å². The normalized spacial score (nSPS) is 13.3. The molecule has 3 aromatic heterocycles. The van der Waals surface area contributed by atoms with Crippen molar-refractivity contribution >= 4 is 23.3 Å². The molecule has 0 saturated heterocycles. The highest BCUT2D eigenvalue weighted by Crippen LogP contribution is 2.33. The highest BCUT2D eigenvalue weighted by atomic mass is 19.1. The lowest BCUT2D eigenvalue weighted by molar-refractivity contribution is 0.328. The van der Waals surface area contributed by atoms with Gasteiger partial charge in [0.1, 0.15) is 11.5 Å². The topological polar surface area (TPSA) is 103 Å². The number of hydrogen-bond acceptors (Lipinski definition) is 5. The van der Waals surface area contributed by atoms with Crippen LogP contribution in [0.4, 0.5) is 4.39 Å². The van der Waals surface area contributed by atoms with Crippen LogP contribution in [-0.4, -0.2) is 21.6 Å². The van der Waals surface area contributed by atoms with E-state index in [0.29, 0.717) is 56.4 Å². The van der Waals surface area contributed by atoms with Crippen molar-refractivity contribution in [2.75, 3.05) is 6.61 Å². The summed E-state index contributed by atoms with van der Waals surface area (Å²) in [4.78, 5) is 11.6. The minimum Gasteiger partial charge on any atom is -0.478 e. The number of allylic oxidation sites excluding steroid dienone is 5. The number of hydrogen-bond donors (Lipinski definition) is 3. The zero-order chi connectivity index (χ0) is 22.4. The van der Waals surface area contributed by atoms with E-state index in [2.05, 4.69) is 28.1 Å². The Labute approximate surface area is 179 Å². The summed E-state index contributed by atoms with van der Waals surface area (Å²) in [6, 6.07) is 3.48. The van der Waals surface area contributed by atoms with Gasteiger partial charge in [-0.25, -0.2) is 14.4 Å².